The lowest BCUT2D eigenvalue weighted by atomic mass is 9.73. The van der Waals surface area contributed by atoms with Crippen LogP contribution in [0.3, 0.4) is 0 Å². The van der Waals surface area contributed by atoms with Gasteiger partial charge in [0, 0.05) is 19.3 Å². The second-order valence-electron chi connectivity index (χ2n) is 7.31. The summed E-state index contributed by atoms with van der Waals surface area (Å²) in [5.41, 5.74) is 6.75. The van der Waals surface area contributed by atoms with Gasteiger partial charge >= 0.3 is 0 Å². The molecule has 1 saturated heterocycles. The van der Waals surface area contributed by atoms with E-state index in [9.17, 15) is 0 Å². The van der Waals surface area contributed by atoms with Gasteiger partial charge in [0.05, 0.1) is 11.7 Å². The van der Waals surface area contributed by atoms with E-state index in [1.165, 1.54) is 57.8 Å². The molecule has 2 unspecified atom stereocenters. The Labute approximate surface area is 123 Å². The molecule has 3 aliphatic rings. The summed E-state index contributed by atoms with van der Waals surface area (Å²) in [6, 6.07) is 0.379. The van der Waals surface area contributed by atoms with Gasteiger partial charge in [-0.3, -0.25) is 0 Å². The van der Waals surface area contributed by atoms with Gasteiger partial charge in [-0.25, -0.2) is 0 Å². The lowest BCUT2D eigenvalue weighted by Crippen LogP contribution is -2.45. The predicted molar refractivity (Wildman–Crippen MR) is 80.6 cm³/mol. The fourth-order valence-electron chi connectivity index (χ4n) is 4.61. The number of rotatable bonds is 5. The minimum absolute atomic E-state index is 0.216. The Morgan fingerprint density at radius 1 is 1.30 bits per heavy atom. The SMILES string of the molecule is CCOC1CC(CC(N)C2CCOC3(CCCC3)C2)C1. The highest BCUT2D eigenvalue weighted by Crippen LogP contribution is 2.44. The highest BCUT2D eigenvalue weighted by molar-refractivity contribution is 4.95. The Morgan fingerprint density at radius 2 is 2.05 bits per heavy atom. The fourth-order valence-corrected chi connectivity index (χ4v) is 4.61. The van der Waals surface area contributed by atoms with E-state index in [1.807, 2.05) is 0 Å². The van der Waals surface area contributed by atoms with Gasteiger partial charge in [-0.05, 0) is 63.7 Å². The van der Waals surface area contributed by atoms with E-state index in [0.717, 1.165) is 19.1 Å². The number of ether oxygens (including phenoxy) is 2. The zero-order valence-corrected chi connectivity index (χ0v) is 13.0. The first-order chi connectivity index (χ1) is 9.71. The maximum Gasteiger partial charge on any atom is 0.0685 e. The number of hydrogen-bond donors (Lipinski definition) is 1. The molecule has 2 atom stereocenters. The van der Waals surface area contributed by atoms with Crippen LogP contribution >= 0.6 is 0 Å². The molecule has 0 amide bonds. The molecule has 20 heavy (non-hydrogen) atoms. The second kappa shape index (κ2) is 6.33. The molecule has 2 aliphatic carbocycles. The summed E-state index contributed by atoms with van der Waals surface area (Å²) in [5.74, 6) is 1.50. The lowest BCUT2D eigenvalue weighted by Gasteiger charge is -2.43. The monoisotopic (exact) mass is 281 g/mol. The first kappa shape index (κ1) is 14.8. The molecule has 0 bridgehead atoms. The fraction of sp³-hybridized carbons (Fsp3) is 1.00. The van der Waals surface area contributed by atoms with Crippen molar-refractivity contribution < 1.29 is 9.47 Å². The molecule has 1 heterocycles. The van der Waals surface area contributed by atoms with E-state index in [1.54, 1.807) is 0 Å². The van der Waals surface area contributed by atoms with Crippen molar-refractivity contribution in [3.8, 4) is 0 Å². The summed E-state index contributed by atoms with van der Waals surface area (Å²) in [5, 5.41) is 0. The Balaban J connectivity index is 1.44. The molecular formula is C17H31NO2. The van der Waals surface area contributed by atoms with E-state index < -0.39 is 0 Å². The van der Waals surface area contributed by atoms with Crippen molar-refractivity contribution in [2.24, 2.45) is 17.6 Å². The van der Waals surface area contributed by atoms with Crippen LogP contribution in [0.1, 0.15) is 64.7 Å². The van der Waals surface area contributed by atoms with E-state index in [-0.39, 0.29) is 5.60 Å². The van der Waals surface area contributed by atoms with Gasteiger partial charge in [0.1, 0.15) is 0 Å². The van der Waals surface area contributed by atoms with Crippen LogP contribution < -0.4 is 5.73 Å². The molecule has 3 nitrogen and oxygen atoms in total. The Morgan fingerprint density at radius 3 is 2.75 bits per heavy atom. The van der Waals surface area contributed by atoms with Gasteiger partial charge in [-0.15, -0.1) is 0 Å². The number of hydrogen-bond acceptors (Lipinski definition) is 3. The van der Waals surface area contributed by atoms with Crippen molar-refractivity contribution in [2.75, 3.05) is 13.2 Å². The lowest BCUT2D eigenvalue weighted by molar-refractivity contribution is -0.0990. The zero-order chi connectivity index (χ0) is 14.0. The summed E-state index contributed by atoms with van der Waals surface area (Å²) in [7, 11) is 0. The normalized spacial score (nSPS) is 37.8. The Hall–Kier alpha value is -0.120. The molecule has 1 aliphatic heterocycles. The second-order valence-corrected chi connectivity index (χ2v) is 7.31. The Kier molecular flexibility index (Phi) is 4.68. The maximum atomic E-state index is 6.53. The average Bonchev–Trinajstić information content (AvgIpc) is 2.84. The van der Waals surface area contributed by atoms with Crippen LogP contribution in [-0.4, -0.2) is 31.0 Å². The van der Waals surface area contributed by atoms with Gasteiger partial charge in [-0.1, -0.05) is 12.8 Å². The number of nitrogens with two attached hydrogens (primary N) is 1. The third kappa shape index (κ3) is 3.20. The summed E-state index contributed by atoms with van der Waals surface area (Å²) >= 11 is 0. The van der Waals surface area contributed by atoms with Crippen molar-refractivity contribution >= 4 is 0 Å². The maximum absolute atomic E-state index is 6.53. The smallest absolute Gasteiger partial charge is 0.0685 e. The summed E-state index contributed by atoms with van der Waals surface area (Å²) in [6.07, 6.45) is 11.8. The molecule has 2 N–H and O–H groups in total. The standard InChI is InChI=1S/C17H31NO2/c1-2-19-15-9-13(10-15)11-16(18)14-5-8-20-17(12-14)6-3-4-7-17/h13-16H,2-12,18H2,1H3. The van der Waals surface area contributed by atoms with Gasteiger partial charge in [-0.2, -0.15) is 0 Å². The average molecular weight is 281 g/mol. The third-order valence-corrected chi connectivity index (χ3v) is 5.85. The highest BCUT2D eigenvalue weighted by Gasteiger charge is 2.42. The van der Waals surface area contributed by atoms with E-state index >= 15 is 0 Å². The Bertz CT molecular complexity index is 308. The van der Waals surface area contributed by atoms with Crippen LogP contribution in [0, 0.1) is 11.8 Å². The first-order valence-corrected chi connectivity index (χ1v) is 8.72. The molecule has 116 valence electrons. The first-order valence-electron chi connectivity index (χ1n) is 8.72. The zero-order valence-electron chi connectivity index (χ0n) is 13.0. The van der Waals surface area contributed by atoms with E-state index in [0.29, 0.717) is 18.1 Å². The van der Waals surface area contributed by atoms with Crippen LogP contribution in [0.4, 0.5) is 0 Å². The largest absolute Gasteiger partial charge is 0.378 e. The van der Waals surface area contributed by atoms with Crippen LogP contribution in [0.5, 0.6) is 0 Å². The van der Waals surface area contributed by atoms with E-state index in [2.05, 4.69) is 6.92 Å². The summed E-state index contributed by atoms with van der Waals surface area (Å²) in [4.78, 5) is 0. The molecule has 0 aromatic carbocycles. The molecule has 0 aromatic heterocycles. The van der Waals surface area contributed by atoms with Crippen molar-refractivity contribution in [3.05, 3.63) is 0 Å². The van der Waals surface area contributed by atoms with Gasteiger partial charge in [0.15, 0.2) is 0 Å². The van der Waals surface area contributed by atoms with Crippen LogP contribution in [0.15, 0.2) is 0 Å². The highest BCUT2D eigenvalue weighted by atomic mass is 16.5. The minimum atomic E-state index is 0.216. The van der Waals surface area contributed by atoms with Crippen molar-refractivity contribution in [1.29, 1.82) is 0 Å². The van der Waals surface area contributed by atoms with E-state index in [4.69, 9.17) is 15.2 Å². The van der Waals surface area contributed by atoms with Gasteiger partial charge in [0.2, 0.25) is 0 Å². The van der Waals surface area contributed by atoms with Crippen molar-refractivity contribution in [3.63, 3.8) is 0 Å². The summed E-state index contributed by atoms with van der Waals surface area (Å²) in [6.45, 7) is 3.87. The topological polar surface area (TPSA) is 44.5 Å². The third-order valence-electron chi connectivity index (χ3n) is 5.85. The van der Waals surface area contributed by atoms with Crippen molar-refractivity contribution in [1.82, 2.24) is 0 Å². The molecule has 0 aromatic rings. The molecule has 3 fully saturated rings. The molecule has 3 heteroatoms. The quantitative estimate of drug-likeness (QED) is 0.841. The van der Waals surface area contributed by atoms with Crippen LogP contribution in [-0.2, 0) is 9.47 Å². The summed E-state index contributed by atoms with van der Waals surface area (Å²) < 4.78 is 11.8. The van der Waals surface area contributed by atoms with Crippen molar-refractivity contribution in [2.45, 2.75) is 82.5 Å². The molecular weight excluding hydrogens is 250 g/mol. The van der Waals surface area contributed by atoms with Crippen LogP contribution in [0.25, 0.3) is 0 Å². The molecule has 3 rings (SSSR count). The minimum Gasteiger partial charge on any atom is -0.378 e. The van der Waals surface area contributed by atoms with Gasteiger partial charge in [0.25, 0.3) is 0 Å². The van der Waals surface area contributed by atoms with Crippen LogP contribution in [0.2, 0.25) is 0 Å². The predicted octanol–water partition coefficient (Wildman–Crippen LogP) is 3.26. The molecule has 1 spiro atoms. The molecule has 2 saturated carbocycles. The molecule has 0 radical (unpaired) electrons. The van der Waals surface area contributed by atoms with Gasteiger partial charge < -0.3 is 15.2 Å².